The number of furan rings is 1. The van der Waals surface area contributed by atoms with E-state index in [2.05, 4.69) is 12.2 Å². The van der Waals surface area contributed by atoms with Crippen LogP contribution in [0.3, 0.4) is 0 Å². The number of nitrogens with one attached hydrogen (secondary N) is 1. The molecular formula is C11H19NO2S. The molecule has 1 aromatic heterocycles. The van der Waals surface area contributed by atoms with Crippen LogP contribution in [0.25, 0.3) is 0 Å². The number of rotatable bonds is 7. The van der Waals surface area contributed by atoms with Crippen LogP contribution in [0.4, 0.5) is 0 Å². The van der Waals surface area contributed by atoms with Gasteiger partial charge in [0.05, 0.1) is 18.6 Å². The van der Waals surface area contributed by atoms with E-state index in [0.29, 0.717) is 6.04 Å². The maximum atomic E-state index is 5.37. The number of ether oxygens (including phenoxy) is 1. The molecule has 1 atom stereocenters. The fourth-order valence-electron chi connectivity index (χ4n) is 1.26. The van der Waals surface area contributed by atoms with Gasteiger partial charge in [-0.1, -0.05) is 0 Å². The first-order chi connectivity index (χ1) is 7.27. The van der Waals surface area contributed by atoms with Gasteiger partial charge in [-0.05, 0) is 25.6 Å². The number of thioether (sulfide) groups is 1. The van der Waals surface area contributed by atoms with Gasteiger partial charge < -0.3 is 14.5 Å². The van der Waals surface area contributed by atoms with Crippen LogP contribution in [0.5, 0.6) is 0 Å². The van der Waals surface area contributed by atoms with Crippen molar-refractivity contribution in [1.29, 1.82) is 0 Å². The van der Waals surface area contributed by atoms with E-state index in [1.807, 2.05) is 24.9 Å². The zero-order valence-electron chi connectivity index (χ0n) is 9.58. The van der Waals surface area contributed by atoms with Gasteiger partial charge >= 0.3 is 0 Å². The third-order valence-corrected chi connectivity index (χ3v) is 3.40. The summed E-state index contributed by atoms with van der Waals surface area (Å²) in [5, 5.41) is 3.22. The normalized spacial score (nSPS) is 13.0. The van der Waals surface area contributed by atoms with Gasteiger partial charge in [0.2, 0.25) is 0 Å². The van der Waals surface area contributed by atoms with Crippen LogP contribution >= 0.6 is 11.8 Å². The van der Waals surface area contributed by atoms with Crippen molar-refractivity contribution in [1.82, 2.24) is 5.32 Å². The lowest BCUT2D eigenvalue weighted by atomic mass is 10.3. The molecule has 0 bridgehead atoms. The van der Waals surface area contributed by atoms with Gasteiger partial charge in [0.25, 0.3) is 0 Å². The highest BCUT2D eigenvalue weighted by Gasteiger charge is 2.07. The third-order valence-electron chi connectivity index (χ3n) is 2.30. The molecule has 1 N–H and O–H groups in total. The molecule has 0 saturated carbocycles. The monoisotopic (exact) mass is 229 g/mol. The summed E-state index contributed by atoms with van der Waals surface area (Å²) in [4.78, 5) is 0. The fourth-order valence-corrected chi connectivity index (χ4v) is 2.41. The zero-order valence-corrected chi connectivity index (χ0v) is 10.4. The summed E-state index contributed by atoms with van der Waals surface area (Å²) < 4.78 is 10.5. The fraction of sp³-hybridized carbons (Fsp3) is 0.636. The van der Waals surface area contributed by atoms with Crippen molar-refractivity contribution in [3.8, 4) is 0 Å². The first-order valence-electron chi connectivity index (χ1n) is 5.04. The van der Waals surface area contributed by atoms with E-state index in [1.54, 1.807) is 13.4 Å². The van der Waals surface area contributed by atoms with Gasteiger partial charge in [-0.2, -0.15) is 11.8 Å². The molecule has 1 unspecified atom stereocenters. The van der Waals surface area contributed by atoms with Crippen LogP contribution in [0.2, 0.25) is 0 Å². The second-order valence-corrected chi connectivity index (χ2v) is 4.51. The largest absolute Gasteiger partial charge is 0.468 e. The van der Waals surface area contributed by atoms with Crippen molar-refractivity contribution in [2.24, 2.45) is 0 Å². The maximum Gasteiger partial charge on any atom is 0.116 e. The summed E-state index contributed by atoms with van der Waals surface area (Å²) in [6.07, 6.45) is 1.75. The van der Waals surface area contributed by atoms with Crippen molar-refractivity contribution in [2.75, 3.05) is 26.5 Å². The lowest BCUT2D eigenvalue weighted by molar-refractivity contribution is 0.177. The Bertz CT molecular complexity index is 275. The van der Waals surface area contributed by atoms with Crippen molar-refractivity contribution < 1.29 is 9.15 Å². The lowest BCUT2D eigenvalue weighted by Crippen LogP contribution is -2.32. The molecule has 0 fully saturated rings. The third kappa shape index (κ3) is 4.28. The number of hydrogen-bond donors (Lipinski definition) is 1. The minimum absolute atomic E-state index is 0.412. The Labute approximate surface area is 95.6 Å². The highest BCUT2D eigenvalue weighted by atomic mass is 32.2. The molecule has 3 nitrogen and oxygen atoms in total. The van der Waals surface area contributed by atoms with Crippen molar-refractivity contribution >= 4 is 11.8 Å². The molecule has 1 aromatic rings. The first-order valence-corrected chi connectivity index (χ1v) is 6.20. The maximum absolute atomic E-state index is 5.37. The van der Waals surface area contributed by atoms with Crippen LogP contribution in [0, 0.1) is 6.92 Å². The molecule has 0 aromatic carbocycles. The van der Waals surface area contributed by atoms with Gasteiger partial charge in [0.15, 0.2) is 0 Å². The minimum atomic E-state index is 0.412. The smallest absolute Gasteiger partial charge is 0.116 e. The Balaban J connectivity index is 2.23. The molecule has 0 saturated heterocycles. The van der Waals surface area contributed by atoms with E-state index >= 15 is 0 Å². The number of hydrogen-bond acceptors (Lipinski definition) is 4. The molecule has 0 spiro atoms. The van der Waals surface area contributed by atoms with Gasteiger partial charge in [0, 0.05) is 18.9 Å². The van der Waals surface area contributed by atoms with E-state index in [1.165, 1.54) is 5.56 Å². The van der Waals surface area contributed by atoms with Gasteiger partial charge in [-0.15, -0.1) is 0 Å². The Hall–Kier alpha value is -0.450. The zero-order chi connectivity index (χ0) is 11.1. The average Bonchev–Trinajstić information content (AvgIpc) is 2.63. The van der Waals surface area contributed by atoms with Gasteiger partial charge in [-0.3, -0.25) is 0 Å². The Morgan fingerprint density at radius 2 is 2.40 bits per heavy atom. The molecule has 15 heavy (non-hydrogen) atoms. The SMILES string of the molecule is CNC(COC)CSCc1occc1C. The van der Waals surface area contributed by atoms with Crippen LogP contribution in [0.15, 0.2) is 16.7 Å². The highest BCUT2D eigenvalue weighted by molar-refractivity contribution is 7.98. The van der Waals surface area contributed by atoms with Crippen LogP contribution < -0.4 is 5.32 Å². The summed E-state index contributed by atoms with van der Waals surface area (Å²) in [5.74, 6) is 3.04. The van der Waals surface area contributed by atoms with Gasteiger partial charge in [0.1, 0.15) is 5.76 Å². The molecule has 0 aliphatic heterocycles. The summed E-state index contributed by atoms with van der Waals surface area (Å²) in [5.41, 5.74) is 1.23. The van der Waals surface area contributed by atoms with E-state index in [-0.39, 0.29) is 0 Å². The topological polar surface area (TPSA) is 34.4 Å². The van der Waals surface area contributed by atoms with Crippen LogP contribution in [0.1, 0.15) is 11.3 Å². The molecule has 86 valence electrons. The van der Waals surface area contributed by atoms with Crippen LogP contribution in [-0.2, 0) is 10.5 Å². The molecule has 1 heterocycles. The van der Waals surface area contributed by atoms with Gasteiger partial charge in [-0.25, -0.2) is 0 Å². The Morgan fingerprint density at radius 1 is 1.60 bits per heavy atom. The molecule has 0 aliphatic carbocycles. The minimum Gasteiger partial charge on any atom is -0.468 e. The van der Waals surface area contributed by atoms with E-state index in [4.69, 9.17) is 9.15 Å². The average molecular weight is 229 g/mol. The second kappa shape index (κ2) is 6.93. The summed E-state index contributed by atoms with van der Waals surface area (Å²) >= 11 is 1.86. The second-order valence-electron chi connectivity index (χ2n) is 3.48. The molecule has 1 rings (SSSR count). The first kappa shape index (κ1) is 12.6. The molecule has 0 amide bonds. The molecular weight excluding hydrogens is 210 g/mol. The Morgan fingerprint density at radius 3 is 2.93 bits per heavy atom. The molecule has 0 aliphatic rings. The molecule has 4 heteroatoms. The number of likely N-dealkylation sites (N-methyl/N-ethyl adjacent to an activating group) is 1. The van der Waals surface area contributed by atoms with Crippen molar-refractivity contribution in [2.45, 2.75) is 18.7 Å². The highest BCUT2D eigenvalue weighted by Crippen LogP contribution is 2.17. The summed E-state index contributed by atoms with van der Waals surface area (Å²) in [6.45, 7) is 2.82. The molecule has 0 radical (unpaired) electrons. The Kier molecular flexibility index (Phi) is 5.83. The standard InChI is InChI=1S/C11H19NO2S/c1-9-4-5-14-11(9)8-15-7-10(12-2)6-13-3/h4-5,10,12H,6-8H2,1-3H3. The predicted molar refractivity (Wildman–Crippen MR) is 64.3 cm³/mol. The number of methoxy groups -OCH3 is 1. The van der Waals surface area contributed by atoms with Crippen molar-refractivity contribution in [3.63, 3.8) is 0 Å². The van der Waals surface area contributed by atoms with Crippen molar-refractivity contribution in [3.05, 3.63) is 23.7 Å². The lowest BCUT2D eigenvalue weighted by Gasteiger charge is -2.13. The van der Waals surface area contributed by atoms with Crippen LogP contribution in [-0.4, -0.2) is 32.6 Å². The summed E-state index contributed by atoms with van der Waals surface area (Å²) in [7, 11) is 3.69. The van der Waals surface area contributed by atoms with E-state index < -0.39 is 0 Å². The summed E-state index contributed by atoms with van der Waals surface area (Å²) in [6, 6.07) is 2.41. The van der Waals surface area contributed by atoms with E-state index in [0.717, 1.165) is 23.9 Å². The predicted octanol–water partition coefficient (Wildman–Crippen LogP) is 2.06. The van der Waals surface area contributed by atoms with E-state index in [9.17, 15) is 0 Å². The quantitative estimate of drug-likeness (QED) is 0.776. The number of aryl methyl sites for hydroxylation is 1.